The van der Waals surface area contributed by atoms with E-state index in [4.69, 9.17) is 0 Å². The van der Waals surface area contributed by atoms with Crippen LogP contribution in [-0.2, 0) is 10.0 Å². The second kappa shape index (κ2) is 7.58. The zero-order valence-corrected chi connectivity index (χ0v) is 16.2. The fourth-order valence-electron chi connectivity index (χ4n) is 3.03. The first-order chi connectivity index (χ1) is 12.8. The highest BCUT2D eigenvalue weighted by Gasteiger charge is 2.21. The van der Waals surface area contributed by atoms with E-state index >= 15 is 0 Å². The summed E-state index contributed by atoms with van der Waals surface area (Å²) in [7, 11) is -1.75. The molecule has 8 heteroatoms. The zero-order chi connectivity index (χ0) is 19.6. The molecule has 0 saturated carbocycles. The van der Waals surface area contributed by atoms with Gasteiger partial charge in [-0.2, -0.15) is 0 Å². The highest BCUT2D eigenvalue weighted by Crippen LogP contribution is 2.27. The Hall–Kier alpha value is -2.58. The van der Waals surface area contributed by atoms with Crippen LogP contribution in [0.4, 0.5) is 11.4 Å². The van der Waals surface area contributed by atoms with Gasteiger partial charge in [0.1, 0.15) is 0 Å². The zero-order valence-electron chi connectivity index (χ0n) is 15.3. The predicted octanol–water partition coefficient (Wildman–Crippen LogP) is 2.25. The third-order valence-electron chi connectivity index (χ3n) is 4.65. The Labute approximate surface area is 159 Å². The van der Waals surface area contributed by atoms with Crippen molar-refractivity contribution in [2.75, 3.05) is 42.8 Å². The molecule has 1 aliphatic heterocycles. The molecule has 2 aromatic carbocycles. The second-order valence-corrected chi connectivity index (χ2v) is 8.43. The number of sulfonamides is 1. The summed E-state index contributed by atoms with van der Waals surface area (Å²) < 4.78 is 27.6. The van der Waals surface area contributed by atoms with Crippen molar-refractivity contribution in [3.05, 3.63) is 53.6 Å². The molecule has 0 spiro atoms. The quantitative estimate of drug-likeness (QED) is 0.815. The largest absolute Gasteiger partial charge is 0.478 e. The van der Waals surface area contributed by atoms with Crippen molar-refractivity contribution in [3.8, 4) is 0 Å². The number of hydrogen-bond donors (Lipinski definition) is 2. The summed E-state index contributed by atoms with van der Waals surface area (Å²) in [5, 5.41) is 9.60. The Morgan fingerprint density at radius 2 is 1.67 bits per heavy atom. The molecule has 144 valence electrons. The van der Waals surface area contributed by atoms with Crippen LogP contribution in [0.3, 0.4) is 0 Å². The van der Waals surface area contributed by atoms with Crippen molar-refractivity contribution < 1.29 is 18.3 Å². The van der Waals surface area contributed by atoms with Crippen molar-refractivity contribution in [1.82, 2.24) is 4.90 Å². The van der Waals surface area contributed by atoms with Crippen molar-refractivity contribution in [2.45, 2.75) is 11.8 Å². The van der Waals surface area contributed by atoms with Crippen LogP contribution in [0.25, 0.3) is 0 Å². The molecule has 0 radical (unpaired) electrons. The molecule has 0 aliphatic carbocycles. The first kappa shape index (κ1) is 19.2. The minimum atomic E-state index is -3.78. The van der Waals surface area contributed by atoms with Gasteiger partial charge in [0.15, 0.2) is 0 Å². The lowest BCUT2D eigenvalue weighted by Crippen LogP contribution is -2.45. The van der Waals surface area contributed by atoms with Gasteiger partial charge >= 0.3 is 5.97 Å². The van der Waals surface area contributed by atoms with E-state index in [1.807, 2.05) is 18.9 Å². The van der Waals surface area contributed by atoms with E-state index in [0.29, 0.717) is 5.69 Å². The van der Waals surface area contributed by atoms with E-state index in [2.05, 4.69) is 9.62 Å². The minimum Gasteiger partial charge on any atom is -0.478 e. The number of nitrogens with zero attached hydrogens (tertiary/aromatic N) is 2. The van der Waals surface area contributed by atoms with Gasteiger partial charge in [0.2, 0.25) is 0 Å². The van der Waals surface area contributed by atoms with Crippen LogP contribution >= 0.6 is 0 Å². The van der Waals surface area contributed by atoms with Crippen LogP contribution in [0.15, 0.2) is 47.4 Å². The normalized spacial score (nSPS) is 15.6. The van der Waals surface area contributed by atoms with Crippen molar-refractivity contribution >= 4 is 27.4 Å². The standard InChI is InChI=1S/C19H23N3O4S/c1-14-3-6-16(7-4-14)27(25,26)20-15-5-8-18(17(13-15)19(23)24)22-11-9-21(2)10-12-22/h3-8,13,20H,9-12H2,1-2H3,(H,23,24). The molecule has 3 rings (SSSR count). The van der Waals surface area contributed by atoms with Crippen molar-refractivity contribution in [2.24, 2.45) is 0 Å². The first-order valence-electron chi connectivity index (χ1n) is 8.66. The van der Waals surface area contributed by atoms with Gasteiger partial charge in [0, 0.05) is 31.9 Å². The molecule has 0 bridgehead atoms. The number of carboxylic acids is 1. The number of anilines is 2. The molecule has 0 atom stereocenters. The Morgan fingerprint density at radius 1 is 1.04 bits per heavy atom. The monoisotopic (exact) mass is 389 g/mol. The van der Waals surface area contributed by atoms with E-state index in [1.165, 1.54) is 18.2 Å². The number of carboxylic acid groups (broad SMARTS) is 1. The van der Waals surface area contributed by atoms with Crippen LogP contribution in [0.5, 0.6) is 0 Å². The number of aryl methyl sites for hydroxylation is 1. The Morgan fingerprint density at radius 3 is 2.26 bits per heavy atom. The summed E-state index contributed by atoms with van der Waals surface area (Å²) in [5.74, 6) is -1.08. The lowest BCUT2D eigenvalue weighted by Gasteiger charge is -2.34. The Balaban J connectivity index is 1.87. The summed E-state index contributed by atoms with van der Waals surface area (Å²) in [5.41, 5.74) is 1.88. The lowest BCUT2D eigenvalue weighted by molar-refractivity contribution is 0.0697. The van der Waals surface area contributed by atoms with Crippen molar-refractivity contribution in [3.63, 3.8) is 0 Å². The molecular weight excluding hydrogens is 366 g/mol. The third kappa shape index (κ3) is 4.40. The summed E-state index contributed by atoms with van der Waals surface area (Å²) in [6, 6.07) is 11.1. The van der Waals surface area contributed by atoms with Gasteiger partial charge in [0.25, 0.3) is 10.0 Å². The molecule has 0 amide bonds. The maximum atomic E-state index is 12.5. The van der Waals surface area contributed by atoms with Gasteiger partial charge in [-0.3, -0.25) is 4.72 Å². The van der Waals surface area contributed by atoms with E-state index < -0.39 is 16.0 Å². The van der Waals surface area contributed by atoms with E-state index in [1.54, 1.807) is 24.3 Å². The van der Waals surface area contributed by atoms with Gasteiger partial charge in [-0.25, -0.2) is 13.2 Å². The third-order valence-corrected chi connectivity index (χ3v) is 6.05. The van der Waals surface area contributed by atoms with Crippen LogP contribution < -0.4 is 9.62 Å². The van der Waals surface area contributed by atoms with Crippen LogP contribution in [-0.4, -0.2) is 57.6 Å². The van der Waals surface area contributed by atoms with Gasteiger partial charge < -0.3 is 14.9 Å². The molecule has 1 aliphatic rings. The summed E-state index contributed by atoms with van der Waals surface area (Å²) in [4.78, 5) is 16.1. The topological polar surface area (TPSA) is 90.0 Å². The second-order valence-electron chi connectivity index (χ2n) is 6.75. The molecule has 2 aromatic rings. The maximum absolute atomic E-state index is 12.5. The number of aromatic carboxylic acids is 1. The summed E-state index contributed by atoms with van der Waals surface area (Å²) in [6.45, 7) is 5.03. The summed E-state index contributed by atoms with van der Waals surface area (Å²) in [6.07, 6.45) is 0. The van der Waals surface area contributed by atoms with Crippen molar-refractivity contribution in [1.29, 1.82) is 0 Å². The van der Waals surface area contributed by atoms with Gasteiger partial charge in [0.05, 0.1) is 16.1 Å². The number of piperazine rings is 1. The fraction of sp³-hybridized carbons (Fsp3) is 0.316. The van der Waals surface area contributed by atoms with E-state index in [0.717, 1.165) is 31.7 Å². The van der Waals surface area contributed by atoms with Crippen LogP contribution in [0, 0.1) is 6.92 Å². The highest BCUT2D eigenvalue weighted by atomic mass is 32.2. The van der Waals surface area contributed by atoms with E-state index in [9.17, 15) is 18.3 Å². The lowest BCUT2D eigenvalue weighted by atomic mass is 10.1. The number of hydrogen-bond acceptors (Lipinski definition) is 5. The van der Waals surface area contributed by atoms with Crippen LogP contribution in [0.2, 0.25) is 0 Å². The van der Waals surface area contributed by atoms with Gasteiger partial charge in [-0.1, -0.05) is 17.7 Å². The molecule has 0 aromatic heterocycles. The highest BCUT2D eigenvalue weighted by molar-refractivity contribution is 7.92. The number of rotatable bonds is 5. The number of carbonyl (C=O) groups is 1. The smallest absolute Gasteiger partial charge is 0.337 e. The number of likely N-dealkylation sites (N-methyl/N-ethyl adjacent to an activating group) is 1. The first-order valence-corrected chi connectivity index (χ1v) is 10.1. The molecular formula is C19H23N3O4S. The Bertz CT molecular complexity index is 934. The fourth-order valence-corrected chi connectivity index (χ4v) is 4.07. The predicted molar refractivity (Wildman–Crippen MR) is 105 cm³/mol. The van der Waals surface area contributed by atoms with Gasteiger partial charge in [-0.05, 0) is 44.3 Å². The minimum absolute atomic E-state index is 0.0867. The molecule has 27 heavy (non-hydrogen) atoms. The van der Waals surface area contributed by atoms with E-state index in [-0.39, 0.29) is 16.1 Å². The molecule has 1 fully saturated rings. The Kier molecular flexibility index (Phi) is 5.38. The number of nitrogens with one attached hydrogen (secondary N) is 1. The maximum Gasteiger partial charge on any atom is 0.337 e. The van der Waals surface area contributed by atoms with Crippen LogP contribution in [0.1, 0.15) is 15.9 Å². The summed E-state index contributed by atoms with van der Waals surface area (Å²) >= 11 is 0. The molecule has 1 saturated heterocycles. The average Bonchev–Trinajstić information content (AvgIpc) is 2.62. The number of benzene rings is 2. The molecule has 7 nitrogen and oxygen atoms in total. The van der Waals surface area contributed by atoms with Gasteiger partial charge in [-0.15, -0.1) is 0 Å². The molecule has 1 heterocycles. The average molecular weight is 389 g/mol. The molecule has 0 unspecified atom stereocenters. The SMILES string of the molecule is Cc1ccc(S(=O)(=O)Nc2ccc(N3CCN(C)CC3)c(C(=O)O)c2)cc1. The molecule has 2 N–H and O–H groups in total.